The van der Waals surface area contributed by atoms with Crippen LogP contribution in [0.2, 0.25) is 0 Å². The molecule has 1 aromatic rings. The van der Waals surface area contributed by atoms with E-state index < -0.39 is 0 Å². The number of hydrogen-bond donors (Lipinski definition) is 1. The average Bonchev–Trinajstić information content (AvgIpc) is 2.15. The Morgan fingerprint density at radius 1 is 1.23 bits per heavy atom. The van der Waals surface area contributed by atoms with Crippen LogP contribution in [0.3, 0.4) is 0 Å². The standard InChI is InChI=1S/C12H15N/c1-3-4-5-12(13)11-8-6-10(2)7-9-11/h3-9H,13H2,1-2H3/b4-3+,12-5-. The molecule has 0 fully saturated rings. The second-order valence-electron chi connectivity index (χ2n) is 3.01. The highest BCUT2D eigenvalue weighted by molar-refractivity contribution is 5.64. The summed E-state index contributed by atoms with van der Waals surface area (Å²) in [7, 11) is 0. The molecule has 0 heterocycles. The first kappa shape index (κ1) is 9.59. The third-order valence-corrected chi connectivity index (χ3v) is 1.85. The molecule has 0 aliphatic carbocycles. The molecule has 1 aromatic carbocycles. The molecule has 0 amide bonds. The Balaban J connectivity index is 2.89. The van der Waals surface area contributed by atoms with E-state index in [9.17, 15) is 0 Å². The van der Waals surface area contributed by atoms with Crippen molar-refractivity contribution in [3.8, 4) is 0 Å². The summed E-state index contributed by atoms with van der Waals surface area (Å²) in [5.41, 5.74) is 8.97. The predicted molar refractivity (Wildman–Crippen MR) is 58.2 cm³/mol. The van der Waals surface area contributed by atoms with E-state index in [0.29, 0.717) is 0 Å². The van der Waals surface area contributed by atoms with Gasteiger partial charge in [-0.25, -0.2) is 0 Å². The molecule has 0 atom stereocenters. The lowest BCUT2D eigenvalue weighted by Crippen LogP contribution is -1.95. The first-order valence-electron chi connectivity index (χ1n) is 4.39. The molecule has 13 heavy (non-hydrogen) atoms. The van der Waals surface area contributed by atoms with Crippen molar-refractivity contribution in [3.05, 3.63) is 53.6 Å². The molecule has 0 radical (unpaired) electrons. The first-order chi connectivity index (χ1) is 6.24. The lowest BCUT2D eigenvalue weighted by Gasteiger charge is -2.00. The third-order valence-electron chi connectivity index (χ3n) is 1.85. The minimum Gasteiger partial charge on any atom is -0.398 e. The highest BCUT2D eigenvalue weighted by Gasteiger charge is 1.92. The van der Waals surface area contributed by atoms with Crippen molar-refractivity contribution in [2.75, 3.05) is 0 Å². The molecule has 1 heteroatoms. The zero-order chi connectivity index (χ0) is 9.68. The smallest absolute Gasteiger partial charge is 0.0387 e. The van der Waals surface area contributed by atoms with Gasteiger partial charge in [0.05, 0.1) is 0 Å². The van der Waals surface area contributed by atoms with Gasteiger partial charge in [-0.05, 0) is 25.5 Å². The summed E-state index contributed by atoms with van der Waals surface area (Å²) in [5, 5.41) is 0. The van der Waals surface area contributed by atoms with Crippen LogP contribution < -0.4 is 5.73 Å². The van der Waals surface area contributed by atoms with Gasteiger partial charge in [0.2, 0.25) is 0 Å². The zero-order valence-corrected chi connectivity index (χ0v) is 8.12. The summed E-state index contributed by atoms with van der Waals surface area (Å²) in [6, 6.07) is 8.19. The highest BCUT2D eigenvalue weighted by atomic mass is 14.6. The number of rotatable bonds is 2. The van der Waals surface area contributed by atoms with Crippen LogP contribution in [0.15, 0.2) is 42.5 Å². The molecular weight excluding hydrogens is 158 g/mol. The molecule has 1 rings (SSSR count). The van der Waals surface area contributed by atoms with Crippen molar-refractivity contribution in [1.29, 1.82) is 0 Å². The van der Waals surface area contributed by atoms with Crippen LogP contribution >= 0.6 is 0 Å². The Hall–Kier alpha value is -1.50. The molecule has 0 aliphatic heterocycles. The monoisotopic (exact) mass is 173 g/mol. The van der Waals surface area contributed by atoms with E-state index in [-0.39, 0.29) is 0 Å². The van der Waals surface area contributed by atoms with Gasteiger partial charge in [0, 0.05) is 5.70 Å². The zero-order valence-electron chi connectivity index (χ0n) is 8.12. The van der Waals surface area contributed by atoms with E-state index >= 15 is 0 Å². The van der Waals surface area contributed by atoms with Crippen LogP contribution in [0.25, 0.3) is 5.70 Å². The van der Waals surface area contributed by atoms with Gasteiger partial charge in [0.15, 0.2) is 0 Å². The highest BCUT2D eigenvalue weighted by Crippen LogP contribution is 2.09. The molecule has 0 aromatic heterocycles. The fraction of sp³-hybridized carbons (Fsp3) is 0.167. The maximum atomic E-state index is 5.84. The number of nitrogens with two attached hydrogens (primary N) is 1. The van der Waals surface area contributed by atoms with Crippen LogP contribution in [-0.4, -0.2) is 0 Å². The molecule has 0 unspecified atom stereocenters. The molecule has 0 spiro atoms. The lowest BCUT2D eigenvalue weighted by molar-refractivity contribution is 1.43. The second-order valence-corrected chi connectivity index (χ2v) is 3.01. The Morgan fingerprint density at radius 3 is 2.38 bits per heavy atom. The molecule has 0 saturated carbocycles. The van der Waals surface area contributed by atoms with E-state index in [4.69, 9.17) is 5.73 Å². The SMILES string of the molecule is C/C=C/C=C(\N)c1ccc(C)cc1. The third kappa shape index (κ3) is 2.79. The van der Waals surface area contributed by atoms with Crippen molar-refractivity contribution >= 4 is 5.70 Å². The van der Waals surface area contributed by atoms with Crippen molar-refractivity contribution in [1.82, 2.24) is 0 Å². The fourth-order valence-electron chi connectivity index (χ4n) is 1.04. The van der Waals surface area contributed by atoms with Gasteiger partial charge in [0.25, 0.3) is 0 Å². The topological polar surface area (TPSA) is 26.0 Å². The van der Waals surface area contributed by atoms with Gasteiger partial charge in [0.1, 0.15) is 0 Å². The molecular formula is C12H15N. The van der Waals surface area contributed by atoms with E-state index in [0.717, 1.165) is 11.3 Å². The Kier molecular flexibility index (Phi) is 3.32. The summed E-state index contributed by atoms with van der Waals surface area (Å²) in [4.78, 5) is 0. The summed E-state index contributed by atoms with van der Waals surface area (Å²) in [5.74, 6) is 0. The Bertz CT molecular complexity index is 317. The van der Waals surface area contributed by atoms with Crippen molar-refractivity contribution in [3.63, 3.8) is 0 Å². The van der Waals surface area contributed by atoms with Gasteiger partial charge in [-0.1, -0.05) is 42.0 Å². The van der Waals surface area contributed by atoms with Crippen LogP contribution in [0.1, 0.15) is 18.1 Å². The maximum Gasteiger partial charge on any atom is 0.0387 e. The molecule has 0 aliphatic rings. The van der Waals surface area contributed by atoms with Crippen molar-refractivity contribution in [2.24, 2.45) is 5.73 Å². The minimum atomic E-state index is 0.804. The summed E-state index contributed by atoms with van der Waals surface area (Å²) >= 11 is 0. The normalized spacial score (nSPS) is 12.3. The second kappa shape index (κ2) is 4.51. The van der Waals surface area contributed by atoms with Gasteiger partial charge in [-0.15, -0.1) is 0 Å². The van der Waals surface area contributed by atoms with Crippen LogP contribution in [0.4, 0.5) is 0 Å². The van der Waals surface area contributed by atoms with Crippen molar-refractivity contribution < 1.29 is 0 Å². The van der Waals surface area contributed by atoms with Crippen LogP contribution in [-0.2, 0) is 0 Å². The minimum absolute atomic E-state index is 0.804. The molecule has 0 bridgehead atoms. The number of allylic oxidation sites excluding steroid dienone is 3. The Labute approximate surface area is 79.6 Å². The lowest BCUT2D eigenvalue weighted by atomic mass is 10.1. The predicted octanol–water partition coefficient (Wildman–Crippen LogP) is 2.87. The van der Waals surface area contributed by atoms with Gasteiger partial charge in [-0.3, -0.25) is 0 Å². The van der Waals surface area contributed by atoms with E-state index in [2.05, 4.69) is 19.1 Å². The molecule has 2 N–H and O–H groups in total. The largest absolute Gasteiger partial charge is 0.398 e. The summed E-state index contributed by atoms with van der Waals surface area (Å²) in [6.45, 7) is 4.04. The van der Waals surface area contributed by atoms with E-state index in [1.165, 1.54) is 5.56 Å². The van der Waals surface area contributed by atoms with Gasteiger partial charge < -0.3 is 5.73 Å². The van der Waals surface area contributed by atoms with Crippen molar-refractivity contribution in [2.45, 2.75) is 13.8 Å². The molecule has 0 saturated heterocycles. The van der Waals surface area contributed by atoms with E-state index in [1.54, 1.807) is 0 Å². The first-order valence-corrected chi connectivity index (χ1v) is 4.39. The molecule has 68 valence electrons. The van der Waals surface area contributed by atoms with Gasteiger partial charge in [-0.2, -0.15) is 0 Å². The summed E-state index contributed by atoms with van der Waals surface area (Å²) in [6.07, 6.45) is 5.81. The van der Waals surface area contributed by atoms with Crippen LogP contribution in [0, 0.1) is 6.92 Å². The number of benzene rings is 1. The number of hydrogen-bond acceptors (Lipinski definition) is 1. The average molecular weight is 173 g/mol. The van der Waals surface area contributed by atoms with E-state index in [1.807, 2.05) is 37.3 Å². The quantitative estimate of drug-likeness (QED) is 0.684. The number of aryl methyl sites for hydroxylation is 1. The maximum absolute atomic E-state index is 5.84. The Morgan fingerprint density at radius 2 is 1.85 bits per heavy atom. The van der Waals surface area contributed by atoms with Gasteiger partial charge >= 0.3 is 0 Å². The molecule has 1 nitrogen and oxygen atoms in total. The van der Waals surface area contributed by atoms with Crippen LogP contribution in [0.5, 0.6) is 0 Å². The summed E-state index contributed by atoms with van der Waals surface area (Å²) < 4.78 is 0. The fourth-order valence-corrected chi connectivity index (χ4v) is 1.04.